The number of rotatable bonds is 9. The van der Waals surface area contributed by atoms with Gasteiger partial charge < -0.3 is 14.4 Å². The van der Waals surface area contributed by atoms with Crippen LogP contribution < -0.4 is 9.64 Å². The zero-order valence-electron chi connectivity index (χ0n) is 23.2. The summed E-state index contributed by atoms with van der Waals surface area (Å²) in [6, 6.07) is 16.6. The van der Waals surface area contributed by atoms with E-state index in [1.54, 1.807) is 7.11 Å². The number of nitrogens with zero attached hydrogens (tertiary/aromatic N) is 1. The third-order valence-corrected chi connectivity index (χ3v) is 8.70. The van der Waals surface area contributed by atoms with Crippen molar-refractivity contribution in [2.45, 2.75) is 58.1 Å². The molecule has 3 aromatic rings. The summed E-state index contributed by atoms with van der Waals surface area (Å²) in [5.41, 5.74) is 4.19. The van der Waals surface area contributed by atoms with Crippen LogP contribution in [0.4, 0.5) is 0 Å². The van der Waals surface area contributed by atoms with Crippen molar-refractivity contribution < 1.29 is 19.2 Å². The molecule has 38 heavy (non-hydrogen) atoms. The van der Waals surface area contributed by atoms with Crippen LogP contribution >= 0.6 is 0 Å². The van der Waals surface area contributed by atoms with Gasteiger partial charge >= 0.3 is 5.97 Å². The Labute approximate surface area is 226 Å². The molecule has 0 amide bonds. The maximum Gasteiger partial charge on any atom is 0.313 e. The van der Waals surface area contributed by atoms with E-state index in [2.05, 4.69) is 55.8 Å². The summed E-state index contributed by atoms with van der Waals surface area (Å²) in [4.78, 5) is 19.8. The van der Waals surface area contributed by atoms with Crippen molar-refractivity contribution in [1.82, 2.24) is 4.98 Å². The highest BCUT2D eigenvalue weighted by molar-refractivity contribution is 5.85. The van der Waals surface area contributed by atoms with Crippen LogP contribution in [0.3, 0.4) is 0 Å². The number of nitrogens with one attached hydrogen (secondary N) is 1. The van der Waals surface area contributed by atoms with Crippen molar-refractivity contribution in [1.29, 1.82) is 0 Å². The highest BCUT2D eigenvalue weighted by Gasteiger charge is 2.48. The molecule has 2 aromatic carbocycles. The highest BCUT2D eigenvalue weighted by atomic mass is 16.5. The molecule has 2 bridgehead atoms. The van der Waals surface area contributed by atoms with Gasteiger partial charge in [-0.05, 0) is 60.6 Å². The van der Waals surface area contributed by atoms with E-state index >= 15 is 0 Å². The summed E-state index contributed by atoms with van der Waals surface area (Å²) in [5, 5.41) is 0.984. The number of quaternary nitrogens is 1. The first-order valence-corrected chi connectivity index (χ1v) is 14.1. The van der Waals surface area contributed by atoms with Gasteiger partial charge in [0.15, 0.2) is 6.10 Å². The third kappa shape index (κ3) is 5.35. The van der Waals surface area contributed by atoms with Crippen LogP contribution in [0.1, 0.15) is 62.3 Å². The molecule has 5 heteroatoms. The van der Waals surface area contributed by atoms with Gasteiger partial charge in [0.25, 0.3) is 0 Å². The minimum atomic E-state index is -0.355. The second kappa shape index (κ2) is 11.3. The van der Waals surface area contributed by atoms with Crippen molar-refractivity contribution in [2.24, 2.45) is 17.8 Å². The molecule has 0 saturated carbocycles. The molecule has 3 fully saturated rings. The molecule has 0 spiro atoms. The first-order valence-electron chi connectivity index (χ1n) is 14.1. The van der Waals surface area contributed by atoms with Gasteiger partial charge in [0.2, 0.25) is 0 Å². The lowest BCUT2D eigenvalue weighted by molar-refractivity contribution is -0.949. The Kier molecular flexibility index (Phi) is 7.85. The topological polar surface area (TPSA) is 52.9 Å². The van der Waals surface area contributed by atoms with Crippen LogP contribution in [0.5, 0.6) is 5.75 Å². The molecule has 0 aliphatic carbocycles. The lowest BCUT2D eigenvalue weighted by Gasteiger charge is -2.48. The van der Waals surface area contributed by atoms with E-state index < -0.39 is 0 Å². The van der Waals surface area contributed by atoms with Crippen molar-refractivity contribution >= 4 is 16.9 Å². The van der Waals surface area contributed by atoms with Crippen molar-refractivity contribution in [3.8, 4) is 5.75 Å². The number of fused-ring (bicyclic) bond motifs is 4. The Balaban J connectivity index is 1.47. The zero-order chi connectivity index (χ0) is 26.8. The Morgan fingerprint density at radius 3 is 2.61 bits per heavy atom. The summed E-state index contributed by atoms with van der Waals surface area (Å²) in [6.07, 6.45) is 6.86. The summed E-state index contributed by atoms with van der Waals surface area (Å²) < 4.78 is 12.1. The molecule has 3 aliphatic rings. The van der Waals surface area contributed by atoms with E-state index in [1.165, 1.54) is 16.9 Å². The number of esters is 1. The SMILES string of the molecule is C=C[C@H]1C[NH+]2CC[C@H]1C[C@H]2[C@@H](OC(=O)[C@H](C)c1ccc(CC(C)C)cc1)c1ccnc2ccc(OC)cc12. The van der Waals surface area contributed by atoms with Crippen LogP contribution in [-0.2, 0) is 16.0 Å². The summed E-state index contributed by atoms with van der Waals surface area (Å²) in [7, 11) is 1.67. The third-order valence-electron chi connectivity index (χ3n) is 8.70. The van der Waals surface area contributed by atoms with E-state index in [0.29, 0.717) is 17.8 Å². The minimum absolute atomic E-state index is 0.179. The smallest absolute Gasteiger partial charge is 0.313 e. The number of ether oxygens (including phenoxy) is 2. The minimum Gasteiger partial charge on any atom is -0.497 e. The molecule has 3 aliphatic heterocycles. The molecule has 6 atom stereocenters. The number of benzene rings is 2. The van der Waals surface area contributed by atoms with Gasteiger partial charge in [-0.15, -0.1) is 6.58 Å². The molecular formula is C33H41N2O3+. The lowest BCUT2D eigenvalue weighted by atomic mass is 9.73. The number of hydrogen-bond donors (Lipinski definition) is 1. The first kappa shape index (κ1) is 26.4. The van der Waals surface area contributed by atoms with Crippen molar-refractivity contribution in [3.63, 3.8) is 0 Å². The van der Waals surface area contributed by atoms with Crippen LogP contribution in [-0.4, -0.2) is 37.2 Å². The molecular weight excluding hydrogens is 472 g/mol. The fourth-order valence-electron chi connectivity index (χ4n) is 6.55. The van der Waals surface area contributed by atoms with Gasteiger partial charge in [0, 0.05) is 35.9 Å². The average Bonchev–Trinajstić information content (AvgIpc) is 2.95. The molecule has 1 N–H and O–H groups in total. The van der Waals surface area contributed by atoms with E-state index in [0.717, 1.165) is 53.7 Å². The number of pyridine rings is 1. The second-order valence-electron chi connectivity index (χ2n) is 11.6. The maximum atomic E-state index is 13.7. The van der Waals surface area contributed by atoms with Gasteiger partial charge in [0.05, 0.1) is 31.6 Å². The summed E-state index contributed by atoms with van der Waals surface area (Å²) >= 11 is 0. The monoisotopic (exact) mass is 513 g/mol. The molecule has 3 saturated heterocycles. The predicted molar refractivity (Wildman–Crippen MR) is 151 cm³/mol. The Bertz CT molecular complexity index is 1290. The quantitative estimate of drug-likeness (QED) is 0.311. The molecule has 200 valence electrons. The normalized spacial score (nSPS) is 24.2. The number of aromatic nitrogens is 1. The van der Waals surface area contributed by atoms with Gasteiger partial charge in [-0.25, -0.2) is 0 Å². The summed E-state index contributed by atoms with van der Waals surface area (Å²) in [5.74, 6) is 1.97. The van der Waals surface area contributed by atoms with E-state index in [-0.39, 0.29) is 24.0 Å². The largest absolute Gasteiger partial charge is 0.497 e. The Morgan fingerprint density at radius 1 is 1.16 bits per heavy atom. The molecule has 4 heterocycles. The van der Waals surface area contributed by atoms with E-state index in [1.807, 2.05) is 37.4 Å². The number of piperidine rings is 3. The van der Waals surface area contributed by atoms with Gasteiger partial charge in [-0.3, -0.25) is 9.78 Å². The zero-order valence-corrected chi connectivity index (χ0v) is 23.2. The fourth-order valence-corrected chi connectivity index (χ4v) is 6.55. The number of carbonyl (C=O) groups excluding carboxylic acids is 1. The van der Waals surface area contributed by atoms with Crippen LogP contribution in [0.2, 0.25) is 0 Å². The molecule has 1 unspecified atom stereocenters. The molecule has 0 radical (unpaired) electrons. The lowest BCUT2D eigenvalue weighted by Crippen LogP contribution is -3.20. The van der Waals surface area contributed by atoms with Gasteiger partial charge in [-0.1, -0.05) is 44.2 Å². The second-order valence-corrected chi connectivity index (χ2v) is 11.6. The number of methoxy groups -OCH3 is 1. The van der Waals surface area contributed by atoms with E-state index in [9.17, 15) is 4.79 Å². The average molecular weight is 514 g/mol. The standard InChI is InChI=1S/C33H40N2O3/c1-6-24-20-35-16-14-26(24)18-31(35)32(28-13-15-34-30-12-11-27(37-5)19-29(28)30)38-33(36)22(4)25-9-7-23(8-10-25)17-21(2)3/h6-13,15,19,21-22,24,26,31-32H,1,14,16-18,20H2,2-5H3/p+1/t22-,24+,26+,31+,32+/m1/s1. The van der Waals surface area contributed by atoms with E-state index in [4.69, 9.17) is 9.47 Å². The fraction of sp³-hybridized carbons (Fsp3) is 0.455. The van der Waals surface area contributed by atoms with Crippen molar-refractivity contribution in [3.05, 3.63) is 84.1 Å². The van der Waals surface area contributed by atoms with Crippen LogP contribution in [0, 0.1) is 17.8 Å². The van der Waals surface area contributed by atoms with Gasteiger partial charge in [0.1, 0.15) is 11.8 Å². The predicted octanol–water partition coefficient (Wildman–Crippen LogP) is 5.31. The van der Waals surface area contributed by atoms with Crippen molar-refractivity contribution in [2.75, 3.05) is 20.2 Å². The molecule has 1 aromatic heterocycles. The molecule has 5 nitrogen and oxygen atoms in total. The van der Waals surface area contributed by atoms with Crippen LogP contribution in [0.25, 0.3) is 10.9 Å². The Hall–Kier alpha value is -3.18. The number of carbonyl (C=O) groups is 1. The maximum absolute atomic E-state index is 13.7. The molecule has 6 rings (SSSR count). The number of hydrogen-bond acceptors (Lipinski definition) is 4. The first-order chi connectivity index (χ1) is 18.4. The Morgan fingerprint density at radius 2 is 1.95 bits per heavy atom. The van der Waals surface area contributed by atoms with Crippen LogP contribution in [0.15, 0.2) is 67.4 Å². The summed E-state index contributed by atoms with van der Waals surface area (Å²) in [6.45, 7) is 12.6. The van der Waals surface area contributed by atoms with Gasteiger partial charge in [-0.2, -0.15) is 0 Å². The highest BCUT2D eigenvalue weighted by Crippen LogP contribution is 2.37.